The number of rotatable bonds is 4. The predicted octanol–water partition coefficient (Wildman–Crippen LogP) is -0.428. The van der Waals surface area contributed by atoms with Gasteiger partial charge in [0.1, 0.15) is 12.4 Å². The summed E-state index contributed by atoms with van der Waals surface area (Å²) in [6.45, 7) is 1.84. The minimum Gasteiger partial charge on any atom is -0.474 e. The highest BCUT2D eigenvalue weighted by molar-refractivity contribution is 5.55. The smallest absolute Gasteiger partial charge is 0.239 e. The highest BCUT2D eigenvalue weighted by Gasteiger charge is 2.20. The minimum absolute atomic E-state index is 0.0556. The van der Waals surface area contributed by atoms with E-state index in [1.807, 2.05) is 6.07 Å². The van der Waals surface area contributed by atoms with Crippen LogP contribution in [0.1, 0.15) is 6.42 Å². The maximum Gasteiger partial charge on any atom is 0.239 e. The second-order valence-corrected chi connectivity index (χ2v) is 4.13. The molecule has 6 nitrogen and oxygen atoms in total. The number of aliphatic hydroxyl groups is 1. The van der Waals surface area contributed by atoms with Crippen molar-refractivity contribution in [2.45, 2.75) is 12.5 Å². The number of aliphatic hydroxyl groups excluding tert-OH is 1. The van der Waals surface area contributed by atoms with E-state index in [1.54, 1.807) is 6.07 Å². The molecule has 1 aromatic heterocycles. The van der Waals surface area contributed by atoms with Crippen molar-refractivity contribution in [1.82, 2.24) is 4.98 Å². The van der Waals surface area contributed by atoms with Gasteiger partial charge in [0.2, 0.25) is 5.88 Å². The molecule has 94 valence electrons. The van der Waals surface area contributed by atoms with E-state index in [0.29, 0.717) is 11.6 Å². The molecule has 0 bridgehead atoms. The molecule has 0 aromatic carbocycles. The molecule has 0 radical (unpaired) electrons. The number of hydrogen-bond acceptors (Lipinski definition) is 6. The Labute approximate surface area is 100 Å². The lowest BCUT2D eigenvalue weighted by Gasteiger charge is -2.18. The van der Waals surface area contributed by atoms with Crippen LogP contribution in [-0.2, 0) is 0 Å². The highest BCUT2D eigenvalue weighted by atomic mass is 16.5. The molecule has 6 heteroatoms. The van der Waals surface area contributed by atoms with Crippen molar-refractivity contribution in [3.05, 3.63) is 12.1 Å². The van der Waals surface area contributed by atoms with E-state index in [-0.39, 0.29) is 19.3 Å². The summed E-state index contributed by atoms with van der Waals surface area (Å²) in [6.07, 6.45) is 0.971. The highest BCUT2D eigenvalue weighted by Crippen LogP contribution is 2.25. The molecule has 0 amide bonds. The Hall–Kier alpha value is -1.53. The summed E-state index contributed by atoms with van der Waals surface area (Å²) in [7, 11) is 0. The quantitative estimate of drug-likeness (QED) is 0.658. The summed E-state index contributed by atoms with van der Waals surface area (Å²) >= 11 is 0. The Kier molecular flexibility index (Phi) is 3.65. The zero-order valence-electron chi connectivity index (χ0n) is 9.67. The molecular weight excluding hydrogens is 220 g/mol. The summed E-state index contributed by atoms with van der Waals surface area (Å²) < 4.78 is 5.27. The number of ether oxygens (including phenoxy) is 1. The van der Waals surface area contributed by atoms with Crippen LogP contribution >= 0.6 is 0 Å². The first-order valence-electron chi connectivity index (χ1n) is 5.71. The Morgan fingerprint density at radius 2 is 2.35 bits per heavy atom. The van der Waals surface area contributed by atoms with Crippen LogP contribution in [0.15, 0.2) is 12.1 Å². The van der Waals surface area contributed by atoms with Crippen molar-refractivity contribution in [2.24, 2.45) is 5.73 Å². The molecule has 5 N–H and O–H groups in total. The van der Waals surface area contributed by atoms with Gasteiger partial charge in [-0.1, -0.05) is 0 Å². The van der Waals surface area contributed by atoms with E-state index in [4.69, 9.17) is 21.3 Å². The van der Waals surface area contributed by atoms with Gasteiger partial charge in [0.05, 0.1) is 12.3 Å². The van der Waals surface area contributed by atoms with Gasteiger partial charge in [-0.2, -0.15) is 4.98 Å². The second kappa shape index (κ2) is 5.20. The first-order chi connectivity index (χ1) is 8.20. The lowest BCUT2D eigenvalue weighted by Crippen LogP contribution is -2.27. The van der Waals surface area contributed by atoms with Crippen LogP contribution in [0.5, 0.6) is 5.88 Å². The molecule has 1 aliphatic heterocycles. The molecule has 1 unspecified atom stereocenters. The van der Waals surface area contributed by atoms with E-state index < -0.39 is 0 Å². The van der Waals surface area contributed by atoms with Gasteiger partial charge < -0.3 is 26.2 Å². The number of aromatic nitrogens is 1. The van der Waals surface area contributed by atoms with Gasteiger partial charge in [0, 0.05) is 19.1 Å². The minimum atomic E-state index is -0.0556. The summed E-state index contributed by atoms with van der Waals surface area (Å²) in [6, 6.07) is 3.83. The number of pyridine rings is 1. The Morgan fingerprint density at radius 1 is 1.53 bits per heavy atom. The molecule has 2 heterocycles. The zero-order valence-corrected chi connectivity index (χ0v) is 9.67. The molecule has 0 saturated carbocycles. The van der Waals surface area contributed by atoms with Crippen molar-refractivity contribution in [1.29, 1.82) is 0 Å². The standard InChI is InChI=1S/C11H18N4O2/c12-8-3-4-15(7-8)10-2-1-9(13)11(14-10)17-6-5-16/h1-2,8,16H,3-7,12-13H2. The number of nitrogens with two attached hydrogens (primary N) is 2. The van der Waals surface area contributed by atoms with Gasteiger partial charge in [0.25, 0.3) is 0 Å². The van der Waals surface area contributed by atoms with Gasteiger partial charge in [-0.25, -0.2) is 0 Å². The SMILES string of the molecule is Nc1ccc(N2CCC(N)C2)nc1OCCO. The second-order valence-electron chi connectivity index (χ2n) is 4.13. The fourth-order valence-corrected chi connectivity index (χ4v) is 1.87. The topological polar surface area (TPSA) is 97.6 Å². The van der Waals surface area contributed by atoms with E-state index in [2.05, 4.69) is 9.88 Å². The largest absolute Gasteiger partial charge is 0.474 e. The third kappa shape index (κ3) is 2.78. The molecule has 1 aromatic rings. The normalized spacial score (nSPS) is 19.6. The summed E-state index contributed by atoms with van der Waals surface area (Å²) in [5.74, 6) is 1.19. The van der Waals surface area contributed by atoms with Crippen molar-refractivity contribution >= 4 is 11.5 Å². The van der Waals surface area contributed by atoms with Crippen LogP contribution in [0.4, 0.5) is 11.5 Å². The molecule has 1 saturated heterocycles. The van der Waals surface area contributed by atoms with Crippen LogP contribution in [0.25, 0.3) is 0 Å². The fourth-order valence-electron chi connectivity index (χ4n) is 1.87. The van der Waals surface area contributed by atoms with Gasteiger partial charge >= 0.3 is 0 Å². The van der Waals surface area contributed by atoms with Gasteiger partial charge in [-0.05, 0) is 18.6 Å². The van der Waals surface area contributed by atoms with Crippen LogP contribution < -0.4 is 21.1 Å². The van der Waals surface area contributed by atoms with Gasteiger partial charge in [-0.15, -0.1) is 0 Å². The Morgan fingerprint density at radius 3 is 3.00 bits per heavy atom. The number of nitrogens with zero attached hydrogens (tertiary/aromatic N) is 2. The molecule has 1 fully saturated rings. The maximum absolute atomic E-state index is 8.71. The Balaban J connectivity index is 2.12. The lowest BCUT2D eigenvalue weighted by molar-refractivity contribution is 0.197. The first-order valence-corrected chi connectivity index (χ1v) is 5.71. The van der Waals surface area contributed by atoms with Crippen LogP contribution in [0.2, 0.25) is 0 Å². The van der Waals surface area contributed by atoms with Crippen molar-refractivity contribution < 1.29 is 9.84 Å². The average Bonchev–Trinajstić information content (AvgIpc) is 2.75. The average molecular weight is 238 g/mol. The fraction of sp³-hybridized carbons (Fsp3) is 0.545. The first kappa shape index (κ1) is 11.9. The zero-order chi connectivity index (χ0) is 12.3. The summed E-state index contributed by atoms with van der Waals surface area (Å²) in [4.78, 5) is 6.45. The van der Waals surface area contributed by atoms with E-state index in [0.717, 1.165) is 25.3 Å². The van der Waals surface area contributed by atoms with Crippen LogP contribution in [0.3, 0.4) is 0 Å². The maximum atomic E-state index is 8.71. The third-order valence-corrected chi connectivity index (χ3v) is 2.75. The molecule has 17 heavy (non-hydrogen) atoms. The monoisotopic (exact) mass is 238 g/mol. The molecule has 0 aliphatic carbocycles. The van der Waals surface area contributed by atoms with Gasteiger partial charge in [0.15, 0.2) is 0 Å². The van der Waals surface area contributed by atoms with Crippen LogP contribution in [0, 0.1) is 0 Å². The van der Waals surface area contributed by atoms with E-state index in [1.165, 1.54) is 0 Å². The molecule has 1 atom stereocenters. The molecule has 1 aliphatic rings. The summed E-state index contributed by atoms with van der Waals surface area (Å²) in [5.41, 5.74) is 12.1. The third-order valence-electron chi connectivity index (χ3n) is 2.75. The molecular formula is C11H18N4O2. The van der Waals surface area contributed by atoms with E-state index in [9.17, 15) is 0 Å². The number of hydrogen-bond donors (Lipinski definition) is 3. The van der Waals surface area contributed by atoms with Crippen LogP contribution in [-0.4, -0.2) is 42.4 Å². The number of nitrogen functional groups attached to an aromatic ring is 1. The number of anilines is 2. The molecule has 2 rings (SSSR count). The predicted molar refractivity (Wildman–Crippen MR) is 66.0 cm³/mol. The van der Waals surface area contributed by atoms with Crippen molar-refractivity contribution in [2.75, 3.05) is 36.9 Å². The lowest BCUT2D eigenvalue weighted by atomic mass is 10.3. The van der Waals surface area contributed by atoms with Crippen molar-refractivity contribution in [3.63, 3.8) is 0 Å². The van der Waals surface area contributed by atoms with Gasteiger partial charge in [-0.3, -0.25) is 0 Å². The van der Waals surface area contributed by atoms with Crippen molar-refractivity contribution in [3.8, 4) is 5.88 Å². The molecule has 0 spiro atoms. The Bertz CT molecular complexity index is 386. The van der Waals surface area contributed by atoms with E-state index >= 15 is 0 Å². The summed E-state index contributed by atoms with van der Waals surface area (Å²) in [5, 5.41) is 8.71.